The van der Waals surface area contributed by atoms with Crippen LogP contribution in [0, 0.1) is 0 Å². The molecular formula is C13H17F2N3O. The fourth-order valence-corrected chi connectivity index (χ4v) is 1.82. The van der Waals surface area contributed by atoms with Crippen molar-refractivity contribution < 1.29 is 13.2 Å². The Labute approximate surface area is 110 Å². The van der Waals surface area contributed by atoms with E-state index in [0.29, 0.717) is 5.69 Å². The van der Waals surface area contributed by atoms with Crippen molar-refractivity contribution in [3.63, 3.8) is 0 Å². The Kier molecular flexibility index (Phi) is 4.19. The Bertz CT molecular complexity index is 521. The van der Waals surface area contributed by atoms with Crippen molar-refractivity contribution in [2.24, 2.45) is 0 Å². The van der Waals surface area contributed by atoms with Crippen LogP contribution in [0.4, 0.5) is 14.5 Å². The molecular weight excluding hydrogens is 252 g/mol. The van der Waals surface area contributed by atoms with Crippen LogP contribution in [0.5, 0.6) is 0 Å². The van der Waals surface area contributed by atoms with Gasteiger partial charge in [0.15, 0.2) is 0 Å². The molecule has 19 heavy (non-hydrogen) atoms. The molecule has 6 heteroatoms. The third-order valence-electron chi connectivity index (χ3n) is 2.80. The van der Waals surface area contributed by atoms with E-state index in [1.54, 1.807) is 6.20 Å². The van der Waals surface area contributed by atoms with Gasteiger partial charge in [0.1, 0.15) is 18.1 Å². The van der Waals surface area contributed by atoms with Gasteiger partial charge < -0.3 is 9.73 Å². The summed E-state index contributed by atoms with van der Waals surface area (Å²) < 4.78 is 31.3. The van der Waals surface area contributed by atoms with E-state index in [0.717, 1.165) is 17.9 Å². The molecule has 0 fully saturated rings. The highest BCUT2D eigenvalue weighted by atomic mass is 19.3. The number of hydrogen-bond donors (Lipinski definition) is 1. The third-order valence-corrected chi connectivity index (χ3v) is 2.80. The number of aryl methyl sites for hydroxylation is 1. The van der Waals surface area contributed by atoms with Gasteiger partial charge in [-0.2, -0.15) is 5.10 Å². The average molecular weight is 269 g/mol. The molecule has 2 aromatic rings. The van der Waals surface area contributed by atoms with Crippen LogP contribution in [-0.2, 0) is 13.0 Å². The van der Waals surface area contributed by atoms with Gasteiger partial charge in [0.2, 0.25) is 0 Å². The monoisotopic (exact) mass is 269 g/mol. The van der Waals surface area contributed by atoms with Crippen molar-refractivity contribution in [3.8, 4) is 0 Å². The number of nitrogens with zero attached hydrogens (tertiary/aromatic N) is 2. The SMILES string of the molecule is CCc1ccc([C@@H](C)Nc2cnn(CC(F)F)c2)o1. The van der Waals surface area contributed by atoms with Crippen LogP contribution in [0.2, 0.25) is 0 Å². The van der Waals surface area contributed by atoms with Gasteiger partial charge in [-0.05, 0) is 19.1 Å². The molecule has 0 saturated carbocycles. The lowest BCUT2D eigenvalue weighted by Gasteiger charge is -2.10. The van der Waals surface area contributed by atoms with Crippen molar-refractivity contribution in [3.05, 3.63) is 36.0 Å². The Morgan fingerprint density at radius 1 is 1.42 bits per heavy atom. The van der Waals surface area contributed by atoms with Crippen LogP contribution >= 0.6 is 0 Å². The van der Waals surface area contributed by atoms with Gasteiger partial charge in [0.05, 0.1) is 17.9 Å². The maximum atomic E-state index is 12.2. The van der Waals surface area contributed by atoms with Gasteiger partial charge in [-0.25, -0.2) is 8.78 Å². The van der Waals surface area contributed by atoms with Crippen LogP contribution in [0.25, 0.3) is 0 Å². The second kappa shape index (κ2) is 5.86. The number of nitrogens with one attached hydrogen (secondary N) is 1. The molecule has 0 spiro atoms. The van der Waals surface area contributed by atoms with E-state index >= 15 is 0 Å². The third kappa shape index (κ3) is 3.56. The second-order valence-electron chi connectivity index (χ2n) is 4.37. The van der Waals surface area contributed by atoms with Crippen LogP contribution in [0.1, 0.15) is 31.4 Å². The average Bonchev–Trinajstić information content (AvgIpc) is 2.97. The topological polar surface area (TPSA) is 43.0 Å². The molecule has 0 aliphatic rings. The Balaban J connectivity index is 1.98. The molecule has 0 aliphatic heterocycles. The Morgan fingerprint density at radius 3 is 2.84 bits per heavy atom. The minimum atomic E-state index is -2.40. The fraction of sp³-hybridized carbons (Fsp3) is 0.462. The highest BCUT2D eigenvalue weighted by Crippen LogP contribution is 2.21. The van der Waals surface area contributed by atoms with Gasteiger partial charge in [-0.15, -0.1) is 0 Å². The van der Waals surface area contributed by atoms with Crippen molar-refractivity contribution in [2.45, 2.75) is 39.3 Å². The van der Waals surface area contributed by atoms with E-state index < -0.39 is 13.0 Å². The molecule has 1 atom stereocenters. The molecule has 1 N–H and O–H groups in total. The largest absolute Gasteiger partial charge is 0.464 e. The molecule has 0 radical (unpaired) electrons. The fourth-order valence-electron chi connectivity index (χ4n) is 1.82. The number of anilines is 1. The molecule has 104 valence electrons. The number of halogens is 2. The minimum absolute atomic E-state index is 0.0375. The van der Waals surface area contributed by atoms with Gasteiger partial charge >= 0.3 is 0 Å². The van der Waals surface area contributed by atoms with Crippen molar-refractivity contribution in [1.29, 1.82) is 0 Å². The summed E-state index contributed by atoms with van der Waals surface area (Å²) in [6.45, 7) is 3.58. The maximum absolute atomic E-state index is 12.2. The summed E-state index contributed by atoms with van der Waals surface area (Å²) in [5.41, 5.74) is 0.697. The Hall–Kier alpha value is -1.85. The zero-order valence-corrected chi connectivity index (χ0v) is 10.9. The summed E-state index contributed by atoms with van der Waals surface area (Å²) >= 11 is 0. The standard InChI is InChI=1S/C13H17F2N3O/c1-3-11-4-5-12(19-11)9(2)17-10-6-16-18(7-10)8-13(14)15/h4-7,9,13,17H,3,8H2,1-2H3/t9-/m1/s1. The lowest BCUT2D eigenvalue weighted by atomic mass is 10.2. The van der Waals surface area contributed by atoms with Crippen LogP contribution < -0.4 is 5.32 Å². The van der Waals surface area contributed by atoms with E-state index in [1.807, 2.05) is 26.0 Å². The van der Waals surface area contributed by atoms with Crippen molar-refractivity contribution in [1.82, 2.24) is 9.78 Å². The summed E-state index contributed by atoms with van der Waals surface area (Å²) in [5.74, 6) is 1.75. The molecule has 2 heterocycles. The number of alkyl halides is 2. The normalized spacial score (nSPS) is 12.9. The van der Waals surface area contributed by atoms with Crippen LogP contribution in [-0.4, -0.2) is 16.2 Å². The predicted octanol–water partition coefficient (Wildman–Crippen LogP) is 3.48. The summed E-state index contributed by atoms with van der Waals surface area (Å²) in [5, 5.41) is 7.04. The summed E-state index contributed by atoms with van der Waals surface area (Å²) in [6.07, 6.45) is 1.54. The van der Waals surface area contributed by atoms with Crippen LogP contribution in [0.3, 0.4) is 0 Å². The number of aromatic nitrogens is 2. The number of hydrogen-bond acceptors (Lipinski definition) is 3. The van der Waals surface area contributed by atoms with Crippen LogP contribution in [0.15, 0.2) is 28.9 Å². The predicted molar refractivity (Wildman–Crippen MR) is 68.4 cm³/mol. The van der Waals surface area contributed by atoms with Gasteiger partial charge in [-0.3, -0.25) is 4.68 Å². The molecule has 0 bridgehead atoms. The number of furan rings is 1. The molecule has 0 amide bonds. The molecule has 2 aromatic heterocycles. The quantitative estimate of drug-likeness (QED) is 0.873. The first-order chi connectivity index (χ1) is 9.08. The molecule has 0 saturated heterocycles. The minimum Gasteiger partial charge on any atom is -0.464 e. The van der Waals surface area contributed by atoms with Crippen molar-refractivity contribution in [2.75, 3.05) is 5.32 Å². The summed E-state index contributed by atoms with van der Waals surface area (Å²) in [4.78, 5) is 0. The summed E-state index contributed by atoms with van der Waals surface area (Å²) in [7, 11) is 0. The molecule has 0 unspecified atom stereocenters. The zero-order valence-electron chi connectivity index (χ0n) is 10.9. The smallest absolute Gasteiger partial charge is 0.257 e. The molecule has 0 aliphatic carbocycles. The molecule has 2 rings (SSSR count). The molecule has 0 aromatic carbocycles. The molecule has 4 nitrogen and oxygen atoms in total. The van der Waals surface area contributed by atoms with E-state index in [9.17, 15) is 8.78 Å². The van der Waals surface area contributed by atoms with Gasteiger partial charge in [-0.1, -0.05) is 6.92 Å². The first-order valence-electron chi connectivity index (χ1n) is 6.24. The first kappa shape index (κ1) is 13.6. The summed E-state index contributed by atoms with van der Waals surface area (Å²) in [6, 6.07) is 3.82. The van der Waals surface area contributed by atoms with Gasteiger partial charge in [0.25, 0.3) is 6.43 Å². The highest BCUT2D eigenvalue weighted by molar-refractivity contribution is 5.40. The van der Waals surface area contributed by atoms with Crippen molar-refractivity contribution >= 4 is 5.69 Å². The first-order valence-corrected chi connectivity index (χ1v) is 6.24. The zero-order chi connectivity index (χ0) is 13.8. The van der Waals surface area contributed by atoms with E-state index in [4.69, 9.17) is 4.42 Å². The van der Waals surface area contributed by atoms with E-state index in [1.165, 1.54) is 10.9 Å². The highest BCUT2D eigenvalue weighted by Gasteiger charge is 2.12. The lowest BCUT2D eigenvalue weighted by Crippen LogP contribution is -2.07. The number of rotatable bonds is 6. The Morgan fingerprint density at radius 2 is 2.21 bits per heavy atom. The van der Waals surface area contributed by atoms with Gasteiger partial charge in [0, 0.05) is 12.6 Å². The maximum Gasteiger partial charge on any atom is 0.257 e. The van der Waals surface area contributed by atoms with E-state index in [-0.39, 0.29) is 6.04 Å². The van der Waals surface area contributed by atoms with E-state index in [2.05, 4.69) is 10.4 Å². The second-order valence-corrected chi connectivity index (χ2v) is 4.37. The lowest BCUT2D eigenvalue weighted by molar-refractivity contribution is 0.122.